The van der Waals surface area contributed by atoms with E-state index >= 15 is 0 Å². The molecule has 0 aromatic heterocycles. The molecule has 0 unspecified atom stereocenters. The zero-order chi connectivity index (χ0) is 20.7. The summed E-state index contributed by atoms with van der Waals surface area (Å²) in [6.07, 6.45) is 0. The van der Waals surface area contributed by atoms with Gasteiger partial charge in [-0.1, -0.05) is 72.8 Å². The average molecular weight is 406 g/mol. The largest absolute Gasteiger partial charge is 0.299 e. The van der Waals surface area contributed by atoms with Gasteiger partial charge < -0.3 is 0 Å². The Kier molecular flexibility index (Phi) is 6.29. The van der Waals surface area contributed by atoms with Crippen molar-refractivity contribution in [3.05, 3.63) is 121 Å². The lowest BCUT2D eigenvalue weighted by molar-refractivity contribution is 1.05. The predicted molar refractivity (Wildman–Crippen MR) is 132 cm³/mol. The minimum Gasteiger partial charge on any atom is -0.299 e. The smallest absolute Gasteiger partial charge is 0.191 e. The fourth-order valence-corrected chi connectivity index (χ4v) is 7.08. The summed E-state index contributed by atoms with van der Waals surface area (Å²) in [6.45, 7) is 2.98. The summed E-state index contributed by atoms with van der Waals surface area (Å²) >= 11 is 0. The van der Waals surface area contributed by atoms with Gasteiger partial charge in [0.2, 0.25) is 0 Å². The Bertz CT molecular complexity index is 1020. The lowest BCUT2D eigenvalue weighted by atomic mass is 10.3. The molecular weight excluding hydrogens is 381 g/mol. The molecule has 2 heteroatoms. The van der Waals surface area contributed by atoms with Gasteiger partial charge in [-0.25, -0.2) is 0 Å². The van der Waals surface area contributed by atoms with E-state index in [-0.39, 0.29) is 0 Å². The molecule has 0 aliphatic heterocycles. The van der Waals surface area contributed by atoms with Crippen LogP contribution in [0.3, 0.4) is 0 Å². The van der Waals surface area contributed by atoms with Gasteiger partial charge in [0.05, 0.1) is 6.04 Å². The van der Waals surface area contributed by atoms with Crippen LogP contribution in [0.25, 0.3) is 0 Å². The maximum absolute atomic E-state index is 3.82. The van der Waals surface area contributed by atoms with E-state index in [2.05, 4.69) is 139 Å². The number of hydrogen-bond donors (Lipinski definition) is 0. The van der Waals surface area contributed by atoms with Crippen molar-refractivity contribution in [2.45, 2.75) is 6.92 Å². The molecule has 30 heavy (non-hydrogen) atoms. The lowest BCUT2D eigenvalue weighted by Crippen LogP contribution is -2.30. The predicted octanol–water partition coefficient (Wildman–Crippen LogP) is 5.43. The van der Waals surface area contributed by atoms with Crippen molar-refractivity contribution in [3.63, 3.8) is 0 Å². The zero-order valence-corrected chi connectivity index (χ0v) is 18.0. The number of nitrogens with zero attached hydrogens (tertiary/aromatic N) is 1. The highest BCUT2D eigenvalue weighted by molar-refractivity contribution is 7.99. The highest BCUT2D eigenvalue weighted by Crippen LogP contribution is 2.54. The van der Waals surface area contributed by atoms with Crippen molar-refractivity contribution in [3.8, 4) is 11.7 Å². The first-order chi connectivity index (χ1) is 14.8. The third kappa shape index (κ3) is 4.02. The summed E-state index contributed by atoms with van der Waals surface area (Å²) in [5.41, 5.74) is 4.94. The minimum atomic E-state index is -2.14. The van der Waals surface area contributed by atoms with E-state index in [9.17, 15) is 0 Å². The molecule has 0 aliphatic rings. The van der Waals surface area contributed by atoms with Gasteiger partial charge in [-0.15, -0.1) is 0 Å². The Morgan fingerprint density at radius 2 is 0.933 bits per heavy atom. The fraction of sp³-hybridized carbons (Fsp3) is 0.0714. The number of para-hydroxylation sites is 1. The van der Waals surface area contributed by atoms with Gasteiger partial charge in [0.1, 0.15) is 21.6 Å². The Morgan fingerprint density at radius 3 is 1.30 bits per heavy atom. The van der Waals surface area contributed by atoms with Crippen LogP contribution in [0.15, 0.2) is 121 Å². The van der Waals surface area contributed by atoms with Crippen LogP contribution >= 0.6 is 7.26 Å². The number of rotatable bonds is 5. The van der Waals surface area contributed by atoms with E-state index in [1.807, 2.05) is 6.07 Å². The monoisotopic (exact) mass is 406 g/mol. The van der Waals surface area contributed by atoms with Gasteiger partial charge >= 0.3 is 0 Å². The Hall–Kier alpha value is -3.33. The van der Waals surface area contributed by atoms with Crippen molar-refractivity contribution >= 4 is 28.9 Å². The van der Waals surface area contributed by atoms with E-state index in [1.54, 1.807) is 0 Å². The van der Waals surface area contributed by atoms with Gasteiger partial charge in [0.25, 0.3) is 0 Å². The molecule has 0 saturated heterocycles. The molecule has 146 valence electrons. The second-order valence-corrected chi connectivity index (χ2v) is 10.1. The van der Waals surface area contributed by atoms with Crippen LogP contribution in [-0.4, -0.2) is 6.54 Å². The molecule has 0 fully saturated rings. The normalized spacial score (nSPS) is 10.7. The summed E-state index contributed by atoms with van der Waals surface area (Å²) < 4.78 is 0. The highest BCUT2D eigenvalue weighted by Gasteiger charge is 2.45. The van der Waals surface area contributed by atoms with Crippen LogP contribution in [0.4, 0.5) is 5.69 Å². The maximum atomic E-state index is 3.82. The fourth-order valence-electron chi connectivity index (χ4n) is 3.67. The number of hydrogen-bond acceptors (Lipinski definition) is 1. The molecule has 0 heterocycles. The first-order valence-corrected chi connectivity index (χ1v) is 12.0. The highest BCUT2D eigenvalue weighted by atomic mass is 31.2. The van der Waals surface area contributed by atoms with Crippen molar-refractivity contribution < 1.29 is 0 Å². The summed E-state index contributed by atoms with van der Waals surface area (Å²) in [5.74, 6) is 0. The molecular formula is C28H25NP+. The van der Waals surface area contributed by atoms with Crippen molar-refractivity contribution in [2.75, 3.05) is 11.4 Å². The summed E-state index contributed by atoms with van der Waals surface area (Å²) in [4.78, 5) is 2.14. The maximum Gasteiger partial charge on any atom is 0.191 e. The zero-order valence-electron chi connectivity index (χ0n) is 17.1. The van der Waals surface area contributed by atoms with Crippen LogP contribution in [0, 0.1) is 11.7 Å². The van der Waals surface area contributed by atoms with Crippen LogP contribution in [0.5, 0.6) is 0 Å². The van der Waals surface area contributed by atoms with E-state index in [4.69, 9.17) is 0 Å². The van der Waals surface area contributed by atoms with Crippen molar-refractivity contribution in [2.24, 2.45) is 0 Å². The van der Waals surface area contributed by atoms with Gasteiger partial charge in [0, 0.05) is 12.2 Å². The molecule has 1 nitrogen and oxygen atoms in total. The molecule has 0 N–H and O–H groups in total. The van der Waals surface area contributed by atoms with Crippen LogP contribution < -0.4 is 20.8 Å². The van der Waals surface area contributed by atoms with Crippen molar-refractivity contribution in [1.29, 1.82) is 0 Å². The first-order valence-electron chi connectivity index (χ1n) is 10.3. The van der Waals surface area contributed by atoms with Gasteiger partial charge in [-0.3, -0.25) is 4.90 Å². The lowest BCUT2D eigenvalue weighted by Gasteiger charge is -2.22. The van der Waals surface area contributed by atoms with E-state index < -0.39 is 7.26 Å². The molecule has 0 bridgehead atoms. The third-order valence-corrected chi connectivity index (χ3v) is 8.82. The molecule has 4 aromatic carbocycles. The summed E-state index contributed by atoms with van der Waals surface area (Å²) in [7, 11) is -2.14. The van der Waals surface area contributed by atoms with E-state index in [0.717, 1.165) is 12.2 Å². The Balaban J connectivity index is 1.97. The third-order valence-electron chi connectivity index (χ3n) is 5.17. The van der Waals surface area contributed by atoms with E-state index in [1.165, 1.54) is 15.9 Å². The Morgan fingerprint density at radius 1 is 0.567 bits per heavy atom. The number of anilines is 1. The molecule has 0 radical (unpaired) electrons. The second-order valence-electron chi connectivity index (χ2n) is 6.98. The quantitative estimate of drug-likeness (QED) is 0.243. The van der Waals surface area contributed by atoms with Crippen LogP contribution in [-0.2, 0) is 0 Å². The summed E-state index contributed by atoms with van der Waals surface area (Å²) in [6, 6.07) is 46.2. The number of benzene rings is 4. The van der Waals surface area contributed by atoms with E-state index in [0.29, 0.717) is 0 Å². The second kappa shape index (κ2) is 9.45. The Labute approximate surface area is 180 Å². The molecule has 0 atom stereocenters. The van der Waals surface area contributed by atoms with Gasteiger partial charge in [0.15, 0.2) is 7.26 Å². The molecule has 0 spiro atoms. The molecule has 0 aliphatic carbocycles. The van der Waals surface area contributed by atoms with Crippen LogP contribution in [0.1, 0.15) is 6.92 Å². The van der Waals surface area contributed by atoms with Gasteiger partial charge in [-0.05, 0) is 55.5 Å². The topological polar surface area (TPSA) is 3.24 Å². The molecule has 4 aromatic rings. The summed E-state index contributed by atoms with van der Waals surface area (Å²) in [5, 5.41) is 3.83. The standard InChI is InChI=1S/C28H25NP/c1-2-29(25-15-7-3-8-16-25)23-24-30(26-17-9-4-10-18-26,27-19-11-5-12-20-27)28-21-13-6-14-22-28/h3-22H,2H2,1H3/q+1. The van der Waals surface area contributed by atoms with Crippen LogP contribution in [0.2, 0.25) is 0 Å². The minimum absolute atomic E-state index is 0.829. The molecule has 4 rings (SSSR count). The van der Waals surface area contributed by atoms with Crippen molar-refractivity contribution in [1.82, 2.24) is 0 Å². The molecule has 0 amide bonds. The van der Waals surface area contributed by atoms with Gasteiger partial charge in [-0.2, -0.15) is 0 Å². The molecule has 0 saturated carbocycles. The SMILES string of the molecule is CCN(C#C[P+](c1ccccc1)(c1ccccc1)c1ccccc1)c1ccccc1. The first kappa shape index (κ1) is 20.0. The average Bonchev–Trinajstić information content (AvgIpc) is 2.84.